The summed E-state index contributed by atoms with van der Waals surface area (Å²) in [6, 6.07) is 1.85. The Morgan fingerprint density at radius 2 is 1.73 bits per heavy atom. The minimum Gasteiger partial charge on any atom is -0.354 e. The lowest BCUT2D eigenvalue weighted by atomic mass is 10.2. The van der Waals surface area contributed by atoms with Gasteiger partial charge in [-0.2, -0.15) is 0 Å². The summed E-state index contributed by atoms with van der Waals surface area (Å²) in [6.07, 6.45) is 7.59. The van der Waals surface area contributed by atoms with Crippen LogP contribution in [0.2, 0.25) is 0 Å². The zero-order chi connectivity index (χ0) is 15.4. The molecule has 1 aliphatic heterocycles. The van der Waals surface area contributed by atoms with Crippen molar-refractivity contribution in [1.82, 2.24) is 19.9 Å². The average Bonchev–Trinajstić information content (AvgIpc) is 2.81. The second-order valence-corrected chi connectivity index (χ2v) is 5.50. The van der Waals surface area contributed by atoms with Gasteiger partial charge in [0, 0.05) is 50.3 Å². The van der Waals surface area contributed by atoms with Gasteiger partial charge < -0.3 is 9.80 Å². The van der Waals surface area contributed by atoms with Gasteiger partial charge in [-0.25, -0.2) is 19.9 Å². The van der Waals surface area contributed by atoms with Crippen LogP contribution in [0.4, 0.5) is 11.8 Å². The number of hydrogen-bond donors (Lipinski definition) is 0. The standard InChI is InChI=1S/C16H22N6/c1-3-14-12-19-13(2)20-15(14)21-8-5-9-22(11-10-21)16-17-6-4-7-18-16/h4,6-7,12H,3,5,8-11H2,1-2H3. The van der Waals surface area contributed by atoms with Gasteiger partial charge in [-0.15, -0.1) is 0 Å². The van der Waals surface area contributed by atoms with Crippen LogP contribution in [0.3, 0.4) is 0 Å². The molecule has 6 heteroatoms. The van der Waals surface area contributed by atoms with Crippen LogP contribution in [0.15, 0.2) is 24.7 Å². The highest BCUT2D eigenvalue weighted by Gasteiger charge is 2.19. The monoisotopic (exact) mass is 298 g/mol. The highest BCUT2D eigenvalue weighted by molar-refractivity contribution is 5.47. The number of aryl methyl sites for hydroxylation is 2. The van der Waals surface area contributed by atoms with E-state index in [9.17, 15) is 0 Å². The number of anilines is 2. The van der Waals surface area contributed by atoms with E-state index in [-0.39, 0.29) is 0 Å². The predicted molar refractivity (Wildman–Crippen MR) is 87.2 cm³/mol. The molecule has 0 bridgehead atoms. The average molecular weight is 298 g/mol. The molecule has 1 fully saturated rings. The van der Waals surface area contributed by atoms with E-state index in [2.05, 4.69) is 36.7 Å². The Labute approximate surface area is 131 Å². The van der Waals surface area contributed by atoms with Gasteiger partial charge in [0.2, 0.25) is 5.95 Å². The number of rotatable bonds is 3. The molecule has 2 aromatic rings. The molecule has 0 aromatic carbocycles. The van der Waals surface area contributed by atoms with E-state index in [1.54, 1.807) is 12.4 Å². The SMILES string of the molecule is CCc1cnc(C)nc1N1CCCN(c2ncccn2)CC1. The van der Waals surface area contributed by atoms with E-state index in [0.29, 0.717) is 0 Å². The van der Waals surface area contributed by atoms with Crippen LogP contribution in [0.25, 0.3) is 0 Å². The molecule has 0 unspecified atom stereocenters. The third-order valence-corrected chi connectivity index (χ3v) is 3.97. The molecule has 0 aliphatic carbocycles. The van der Waals surface area contributed by atoms with Crippen LogP contribution in [-0.4, -0.2) is 46.1 Å². The summed E-state index contributed by atoms with van der Waals surface area (Å²) in [7, 11) is 0. The summed E-state index contributed by atoms with van der Waals surface area (Å²) in [5.41, 5.74) is 1.22. The van der Waals surface area contributed by atoms with Crippen LogP contribution >= 0.6 is 0 Å². The van der Waals surface area contributed by atoms with Crippen molar-refractivity contribution >= 4 is 11.8 Å². The molecule has 6 nitrogen and oxygen atoms in total. The lowest BCUT2D eigenvalue weighted by Gasteiger charge is -2.24. The summed E-state index contributed by atoms with van der Waals surface area (Å²) >= 11 is 0. The van der Waals surface area contributed by atoms with E-state index in [0.717, 1.165) is 56.6 Å². The maximum atomic E-state index is 4.67. The molecule has 0 spiro atoms. The summed E-state index contributed by atoms with van der Waals surface area (Å²) in [6.45, 7) is 7.93. The van der Waals surface area contributed by atoms with Gasteiger partial charge in [0.15, 0.2) is 0 Å². The molecule has 1 aliphatic rings. The minimum atomic E-state index is 0.818. The van der Waals surface area contributed by atoms with Crippen molar-refractivity contribution in [2.75, 3.05) is 36.0 Å². The predicted octanol–water partition coefficient (Wildman–Crippen LogP) is 1.85. The fourth-order valence-electron chi connectivity index (χ4n) is 2.79. The van der Waals surface area contributed by atoms with Gasteiger partial charge in [0.25, 0.3) is 0 Å². The lowest BCUT2D eigenvalue weighted by molar-refractivity contribution is 0.779. The molecule has 3 rings (SSSR count). The Hall–Kier alpha value is -2.24. The van der Waals surface area contributed by atoms with Crippen LogP contribution in [-0.2, 0) is 6.42 Å². The van der Waals surface area contributed by atoms with Gasteiger partial charge >= 0.3 is 0 Å². The molecule has 0 amide bonds. The first-order valence-corrected chi connectivity index (χ1v) is 7.87. The third kappa shape index (κ3) is 3.16. The molecule has 2 aromatic heterocycles. The Balaban J connectivity index is 1.77. The van der Waals surface area contributed by atoms with Crippen LogP contribution < -0.4 is 9.80 Å². The molecular formula is C16H22N6. The van der Waals surface area contributed by atoms with Crippen LogP contribution in [0.1, 0.15) is 24.7 Å². The molecule has 1 saturated heterocycles. The van der Waals surface area contributed by atoms with Crippen molar-refractivity contribution in [2.24, 2.45) is 0 Å². The Kier molecular flexibility index (Phi) is 4.46. The van der Waals surface area contributed by atoms with Crippen molar-refractivity contribution in [3.05, 3.63) is 36.0 Å². The van der Waals surface area contributed by atoms with Crippen molar-refractivity contribution in [2.45, 2.75) is 26.7 Å². The molecule has 0 N–H and O–H groups in total. The summed E-state index contributed by atoms with van der Waals surface area (Å²) in [4.78, 5) is 22.3. The number of hydrogen-bond acceptors (Lipinski definition) is 6. The zero-order valence-corrected chi connectivity index (χ0v) is 13.2. The van der Waals surface area contributed by atoms with Crippen molar-refractivity contribution in [3.8, 4) is 0 Å². The highest BCUT2D eigenvalue weighted by Crippen LogP contribution is 2.20. The maximum Gasteiger partial charge on any atom is 0.225 e. The maximum absolute atomic E-state index is 4.67. The Morgan fingerprint density at radius 3 is 2.50 bits per heavy atom. The van der Waals surface area contributed by atoms with Gasteiger partial charge in [0.05, 0.1) is 0 Å². The van der Waals surface area contributed by atoms with E-state index in [4.69, 9.17) is 0 Å². The Morgan fingerprint density at radius 1 is 1.00 bits per heavy atom. The smallest absolute Gasteiger partial charge is 0.225 e. The molecule has 22 heavy (non-hydrogen) atoms. The third-order valence-electron chi connectivity index (χ3n) is 3.97. The highest BCUT2D eigenvalue weighted by atomic mass is 15.3. The summed E-state index contributed by atoms with van der Waals surface area (Å²) < 4.78 is 0. The summed E-state index contributed by atoms with van der Waals surface area (Å²) in [5, 5.41) is 0. The van der Waals surface area contributed by atoms with E-state index in [1.807, 2.05) is 19.2 Å². The molecule has 3 heterocycles. The minimum absolute atomic E-state index is 0.818. The zero-order valence-electron chi connectivity index (χ0n) is 13.2. The van der Waals surface area contributed by atoms with Gasteiger partial charge in [-0.3, -0.25) is 0 Å². The molecule has 0 saturated carbocycles. The van der Waals surface area contributed by atoms with Crippen LogP contribution in [0.5, 0.6) is 0 Å². The second-order valence-electron chi connectivity index (χ2n) is 5.50. The van der Waals surface area contributed by atoms with Crippen LogP contribution in [0, 0.1) is 6.92 Å². The van der Waals surface area contributed by atoms with Gasteiger partial charge in [-0.1, -0.05) is 6.92 Å². The first kappa shape index (κ1) is 14.7. The topological polar surface area (TPSA) is 58.0 Å². The molecular weight excluding hydrogens is 276 g/mol. The normalized spacial score (nSPS) is 15.7. The Bertz CT molecular complexity index is 615. The van der Waals surface area contributed by atoms with E-state index >= 15 is 0 Å². The molecule has 0 radical (unpaired) electrons. The lowest BCUT2D eigenvalue weighted by Crippen LogP contribution is -2.32. The van der Waals surface area contributed by atoms with E-state index in [1.165, 1.54) is 5.56 Å². The number of nitrogens with zero attached hydrogens (tertiary/aromatic N) is 6. The van der Waals surface area contributed by atoms with Crippen molar-refractivity contribution in [3.63, 3.8) is 0 Å². The fourth-order valence-corrected chi connectivity index (χ4v) is 2.79. The van der Waals surface area contributed by atoms with Gasteiger partial charge in [-0.05, 0) is 25.8 Å². The second kappa shape index (κ2) is 6.68. The quantitative estimate of drug-likeness (QED) is 0.862. The van der Waals surface area contributed by atoms with E-state index < -0.39 is 0 Å². The fraction of sp³-hybridized carbons (Fsp3) is 0.500. The summed E-state index contributed by atoms with van der Waals surface area (Å²) in [5.74, 6) is 2.74. The van der Waals surface area contributed by atoms with Crippen molar-refractivity contribution < 1.29 is 0 Å². The molecule has 116 valence electrons. The largest absolute Gasteiger partial charge is 0.354 e. The first-order valence-electron chi connectivity index (χ1n) is 7.87. The first-order chi connectivity index (χ1) is 10.8. The van der Waals surface area contributed by atoms with Gasteiger partial charge in [0.1, 0.15) is 11.6 Å². The van der Waals surface area contributed by atoms with Crippen molar-refractivity contribution in [1.29, 1.82) is 0 Å². The molecule has 0 atom stereocenters. The number of aromatic nitrogens is 4.